The summed E-state index contributed by atoms with van der Waals surface area (Å²) in [7, 11) is 0. The number of ether oxygens (including phenoxy) is 1. The summed E-state index contributed by atoms with van der Waals surface area (Å²) in [6, 6.07) is -6.15. The molecular formula is C28H36F6N4O6. The fourth-order valence-corrected chi connectivity index (χ4v) is 6.59. The Balaban J connectivity index is 1.64. The van der Waals surface area contributed by atoms with Crippen LogP contribution in [0.4, 0.5) is 26.3 Å². The second-order valence-electron chi connectivity index (χ2n) is 11.9. The van der Waals surface area contributed by atoms with Gasteiger partial charge in [-0.3, -0.25) is 19.2 Å². The van der Waals surface area contributed by atoms with Crippen LogP contribution in [0.2, 0.25) is 0 Å². The van der Waals surface area contributed by atoms with Gasteiger partial charge in [-0.25, -0.2) is 13.6 Å². The Morgan fingerprint density at radius 1 is 1.09 bits per heavy atom. The van der Waals surface area contributed by atoms with E-state index in [1.165, 1.54) is 6.92 Å². The van der Waals surface area contributed by atoms with Gasteiger partial charge in [0.05, 0.1) is 18.6 Å². The van der Waals surface area contributed by atoms with Gasteiger partial charge in [-0.1, -0.05) is 19.3 Å². The molecule has 2 bridgehead atoms. The van der Waals surface area contributed by atoms with Gasteiger partial charge in [-0.05, 0) is 51.0 Å². The van der Waals surface area contributed by atoms with Gasteiger partial charge in [0.15, 0.2) is 0 Å². The normalized spacial score (nSPS) is 28.0. The Morgan fingerprint density at radius 2 is 1.80 bits per heavy atom. The molecule has 0 aromatic rings. The lowest BCUT2D eigenvalue weighted by Crippen LogP contribution is -2.71. The Kier molecular flexibility index (Phi) is 10.2. The standard InChI is InChI=1S/C28H36F6N4O6/c1-2-44-25(42)19(29)12-16(11-15-8-9-35-22(15)39)36-23(40)21-18-7-6-17(13-27(18,30)31)38(21)24(41)20(10-14-4-3-5-14)37-26(43)28(32,33)34/h12,14-18,20-21H,2-11,13H2,1H3,(H,35,39)(H,36,40)(H,37,43)/b19-12-/t15-,16-,17-,18-,20+,21-/m1/s1. The number of piperidine rings is 2. The highest BCUT2D eigenvalue weighted by atomic mass is 19.4. The predicted molar refractivity (Wildman–Crippen MR) is 140 cm³/mol. The first kappa shape index (κ1) is 33.6. The number of alkyl halides is 5. The van der Waals surface area contributed by atoms with E-state index in [-0.39, 0.29) is 38.2 Å². The number of nitrogens with zero attached hydrogens (tertiary/aromatic N) is 1. The van der Waals surface area contributed by atoms with Gasteiger partial charge in [0.1, 0.15) is 12.1 Å². The molecule has 3 heterocycles. The Hall–Kier alpha value is -3.33. The van der Waals surface area contributed by atoms with Gasteiger partial charge in [0, 0.05) is 24.9 Å². The van der Waals surface area contributed by atoms with Crippen molar-refractivity contribution in [1.29, 1.82) is 0 Å². The minimum absolute atomic E-state index is 0.0577. The number of carbonyl (C=O) groups is 5. The van der Waals surface area contributed by atoms with Gasteiger partial charge in [0.2, 0.25) is 23.5 Å². The summed E-state index contributed by atoms with van der Waals surface area (Å²) in [6.07, 6.45) is -3.60. The van der Waals surface area contributed by atoms with Crippen molar-refractivity contribution in [3.8, 4) is 0 Å². The second kappa shape index (κ2) is 13.3. The number of nitrogens with one attached hydrogen (secondary N) is 3. The number of hydrogen-bond acceptors (Lipinski definition) is 6. The van der Waals surface area contributed by atoms with Crippen molar-refractivity contribution in [1.82, 2.24) is 20.9 Å². The zero-order valence-corrected chi connectivity index (χ0v) is 24.1. The molecule has 5 rings (SSSR count). The van der Waals surface area contributed by atoms with E-state index in [2.05, 4.69) is 15.4 Å². The minimum Gasteiger partial charge on any atom is -0.461 e. The van der Waals surface area contributed by atoms with Crippen LogP contribution in [0.15, 0.2) is 11.9 Å². The van der Waals surface area contributed by atoms with E-state index < -0.39 is 89.9 Å². The molecule has 10 nitrogen and oxygen atoms in total. The van der Waals surface area contributed by atoms with E-state index in [0.717, 1.165) is 11.3 Å². The van der Waals surface area contributed by atoms with Crippen LogP contribution >= 0.6 is 0 Å². The lowest BCUT2D eigenvalue weighted by atomic mass is 9.71. The first-order valence-electron chi connectivity index (χ1n) is 14.8. The summed E-state index contributed by atoms with van der Waals surface area (Å²) in [4.78, 5) is 64.4. The van der Waals surface area contributed by atoms with E-state index in [1.54, 1.807) is 5.32 Å². The van der Waals surface area contributed by atoms with Crippen LogP contribution in [0, 0.1) is 17.8 Å². The predicted octanol–water partition coefficient (Wildman–Crippen LogP) is 2.67. The summed E-state index contributed by atoms with van der Waals surface area (Å²) in [6.45, 7) is 1.58. The van der Waals surface area contributed by atoms with Gasteiger partial charge in [0.25, 0.3) is 5.92 Å². The first-order valence-corrected chi connectivity index (χ1v) is 14.8. The van der Waals surface area contributed by atoms with Crippen molar-refractivity contribution < 1.29 is 55.1 Å². The zero-order chi connectivity index (χ0) is 32.4. The highest BCUT2D eigenvalue weighted by molar-refractivity contribution is 5.94. The van der Waals surface area contributed by atoms with Crippen LogP contribution in [0.25, 0.3) is 0 Å². The van der Waals surface area contributed by atoms with Crippen LogP contribution in [0.1, 0.15) is 64.7 Å². The molecule has 246 valence electrons. The molecule has 3 saturated heterocycles. The Labute approximate surface area is 249 Å². The molecule has 0 spiro atoms. The molecule has 0 aromatic heterocycles. The zero-order valence-electron chi connectivity index (χ0n) is 24.1. The quantitative estimate of drug-likeness (QED) is 0.181. The molecule has 5 fully saturated rings. The van der Waals surface area contributed by atoms with Crippen molar-refractivity contribution in [2.24, 2.45) is 17.8 Å². The smallest absolute Gasteiger partial charge is 0.461 e. The molecule has 0 aromatic carbocycles. The first-order chi connectivity index (χ1) is 20.6. The lowest BCUT2D eigenvalue weighted by Gasteiger charge is -2.54. The van der Waals surface area contributed by atoms with E-state index in [1.807, 2.05) is 0 Å². The maximum Gasteiger partial charge on any atom is 0.471 e. The minimum atomic E-state index is -5.31. The molecule has 44 heavy (non-hydrogen) atoms. The topological polar surface area (TPSA) is 134 Å². The van der Waals surface area contributed by atoms with Crippen molar-refractivity contribution in [3.05, 3.63) is 11.9 Å². The van der Waals surface area contributed by atoms with Gasteiger partial charge in [-0.15, -0.1) is 0 Å². The highest BCUT2D eigenvalue weighted by Crippen LogP contribution is 2.49. The van der Waals surface area contributed by atoms with E-state index in [0.29, 0.717) is 31.9 Å². The van der Waals surface area contributed by atoms with Gasteiger partial charge >= 0.3 is 18.1 Å². The van der Waals surface area contributed by atoms with Gasteiger partial charge in [-0.2, -0.15) is 17.6 Å². The molecule has 0 radical (unpaired) electrons. The maximum atomic E-state index is 15.2. The molecule has 3 N–H and O–H groups in total. The van der Waals surface area contributed by atoms with Crippen LogP contribution in [0.3, 0.4) is 0 Å². The Bertz CT molecular complexity index is 1180. The number of carbonyl (C=O) groups excluding carboxylic acids is 5. The molecule has 4 amide bonds. The van der Waals surface area contributed by atoms with E-state index in [9.17, 15) is 41.5 Å². The molecule has 5 aliphatic rings. The summed E-state index contributed by atoms with van der Waals surface area (Å²) in [5, 5.41) is 6.69. The molecule has 2 aliphatic carbocycles. The number of amides is 4. The van der Waals surface area contributed by atoms with Crippen LogP contribution in [0.5, 0.6) is 0 Å². The molecular weight excluding hydrogens is 602 g/mol. The summed E-state index contributed by atoms with van der Waals surface area (Å²) in [5.74, 6) is -13.7. The number of halogens is 6. The summed E-state index contributed by atoms with van der Waals surface area (Å²) in [5.41, 5.74) is 0. The second-order valence-corrected chi connectivity index (χ2v) is 11.9. The fraction of sp³-hybridized carbons (Fsp3) is 0.750. The van der Waals surface area contributed by atoms with Crippen LogP contribution in [-0.2, 0) is 28.7 Å². The highest BCUT2D eigenvalue weighted by Gasteiger charge is 2.61. The SMILES string of the molecule is CCOC(=O)/C(F)=C/[C@@H](C[C@H]1CCNC1=O)NC(=O)[C@H]1[C@H]2CC[C@H](CC2(F)F)N1C(=O)[C@H](CC1CCC1)NC(=O)C(F)(F)F. The van der Waals surface area contributed by atoms with Crippen molar-refractivity contribution in [2.45, 2.75) is 101 Å². The fourth-order valence-electron chi connectivity index (χ4n) is 6.59. The van der Waals surface area contributed by atoms with Crippen molar-refractivity contribution >= 4 is 29.6 Å². The van der Waals surface area contributed by atoms with E-state index in [4.69, 9.17) is 0 Å². The van der Waals surface area contributed by atoms with Crippen molar-refractivity contribution in [2.75, 3.05) is 13.2 Å². The number of hydrogen-bond donors (Lipinski definition) is 3. The lowest BCUT2D eigenvalue weighted by molar-refractivity contribution is -0.196. The average molecular weight is 639 g/mol. The number of fused-ring (bicyclic) bond motifs is 3. The summed E-state index contributed by atoms with van der Waals surface area (Å²) >= 11 is 0. The third kappa shape index (κ3) is 7.48. The monoisotopic (exact) mass is 638 g/mol. The number of rotatable bonds is 11. The molecule has 0 unspecified atom stereocenters. The third-order valence-corrected chi connectivity index (χ3v) is 8.96. The van der Waals surface area contributed by atoms with Crippen LogP contribution in [-0.4, -0.2) is 83.9 Å². The summed E-state index contributed by atoms with van der Waals surface area (Å²) < 4.78 is 89.1. The maximum absolute atomic E-state index is 15.2. The molecule has 16 heteroatoms. The van der Waals surface area contributed by atoms with Crippen molar-refractivity contribution in [3.63, 3.8) is 0 Å². The largest absolute Gasteiger partial charge is 0.471 e. The average Bonchev–Trinajstić information content (AvgIpc) is 3.31. The molecule has 3 aliphatic heterocycles. The molecule has 6 atom stereocenters. The third-order valence-electron chi connectivity index (χ3n) is 8.96. The van der Waals surface area contributed by atoms with Crippen LogP contribution < -0.4 is 16.0 Å². The molecule has 2 saturated carbocycles. The van der Waals surface area contributed by atoms with E-state index >= 15 is 8.78 Å². The van der Waals surface area contributed by atoms with Gasteiger partial charge < -0.3 is 25.6 Å². The number of esters is 1. The Morgan fingerprint density at radius 3 is 2.34 bits per heavy atom.